The lowest BCUT2D eigenvalue weighted by Gasteiger charge is -2.30. The average Bonchev–Trinajstić information content (AvgIpc) is 2.83. The van der Waals surface area contributed by atoms with Crippen LogP contribution in [0.4, 0.5) is 18.3 Å². The smallest absolute Gasteiger partial charge is 0.345 e. The maximum absolute atomic E-state index is 12.5. The normalized spacial score (nSPS) is 22.2. The van der Waals surface area contributed by atoms with Gasteiger partial charge < -0.3 is 5.32 Å². The second-order valence-electron chi connectivity index (χ2n) is 5.29. The SMILES string of the molecule is Cc1cnc(NC(=O)C(=O)NC2CCC(C(F)(F)F)CC2)s1. The molecule has 1 fully saturated rings. The molecule has 9 heteroatoms. The quantitative estimate of drug-likeness (QED) is 0.816. The fraction of sp³-hybridized carbons (Fsp3) is 0.615. The molecule has 1 aromatic heterocycles. The van der Waals surface area contributed by atoms with Crippen LogP contribution in [-0.4, -0.2) is 29.0 Å². The summed E-state index contributed by atoms with van der Waals surface area (Å²) in [7, 11) is 0. The van der Waals surface area contributed by atoms with Gasteiger partial charge in [-0.05, 0) is 32.6 Å². The summed E-state index contributed by atoms with van der Waals surface area (Å²) in [6.07, 6.45) is -2.23. The summed E-state index contributed by atoms with van der Waals surface area (Å²) in [5, 5.41) is 5.16. The van der Waals surface area contributed by atoms with Crippen LogP contribution < -0.4 is 10.6 Å². The van der Waals surface area contributed by atoms with Crippen LogP contribution in [0.2, 0.25) is 0 Å². The Hall–Kier alpha value is -1.64. The van der Waals surface area contributed by atoms with Crippen molar-refractivity contribution in [1.29, 1.82) is 0 Å². The largest absolute Gasteiger partial charge is 0.391 e. The van der Waals surface area contributed by atoms with Gasteiger partial charge in [0.2, 0.25) is 0 Å². The van der Waals surface area contributed by atoms with E-state index in [4.69, 9.17) is 0 Å². The molecule has 0 spiro atoms. The van der Waals surface area contributed by atoms with Crippen molar-refractivity contribution in [2.75, 3.05) is 5.32 Å². The van der Waals surface area contributed by atoms with E-state index in [0.717, 1.165) is 4.88 Å². The molecular formula is C13H16F3N3O2S. The van der Waals surface area contributed by atoms with E-state index in [1.165, 1.54) is 11.3 Å². The summed E-state index contributed by atoms with van der Waals surface area (Å²) in [5.41, 5.74) is 0. The molecule has 1 saturated carbocycles. The number of nitrogens with one attached hydrogen (secondary N) is 2. The van der Waals surface area contributed by atoms with E-state index in [9.17, 15) is 22.8 Å². The van der Waals surface area contributed by atoms with Crippen molar-refractivity contribution < 1.29 is 22.8 Å². The van der Waals surface area contributed by atoms with Gasteiger partial charge in [-0.15, -0.1) is 11.3 Å². The van der Waals surface area contributed by atoms with E-state index in [2.05, 4.69) is 15.6 Å². The van der Waals surface area contributed by atoms with Gasteiger partial charge in [-0.1, -0.05) is 0 Å². The standard InChI is InChI=1S/C13H16F3N3O2S/c1-7-6-17-12(22-7)19-11(21)10(20)18-9-4-2-8(3-5-9)13(14,15)16/h6,8-9H,2-5H2,1H3,(H,18,20)(H,17,19,21). The van der Waals surface area contributed by atoms with Gasteiger partial charge in [0.1, 0.15) is 0 Å². The molecule has 122 valence electrons. The van der Waals surface area contributed by atoms with E-state index in [1.807, 2.05) is 6.92 Å². The molecule has 22 heavy (non-hydrogen) atoms. The third-order valence-electron chi connectivity index (χ3n) is 3.57. The van der Waals surface area contributed by atoms with Gasteiger partial charge in [-0.3, -0.25) is 14.9 Å². The van der Waals surface area contributed by atoms with Crippen LogP contribution in [0.5, 0.6) is 0 Å². The van der Waals surface area contributed by atoms with Crippen molar-refractivity contribution in [3.63, 3.8) is 0 Å². The average molecular weight is 335 g/mol. The molecule has 2 rings (SSSR count). The molecule has 5 nitrogen and oxygen atoms in total. The van der Waals surface area contributed by atoms with Crippen LogP contribution in [0.15, 0.2) is 6.20 Å². The number of amides is 2. The zero-order valence-corrected chi connectivity index (χ0v) is 12.7. The highest BCUT2D eigenvalue weighted by Crippen LogP contribution is 2.37. The minimum Gasteiger partial charge on any atom is -0.345 e. The highest BCUT2D eigenvalue weighted by atomic mass is 32.1. The monoisotopic (exact) mass is 335 g/mol. The summed E-state index contributed by atoms with van der Waals surface area (Å²) in [5.74, 6) is -3.01. The van der Waals surface area contributed by atoms with Crippen LogP contribution in [0, 0.1) is 12.8 Å². The Morgan fingerprint density at radius 1 is 1.23 bits per heavy atom. The lowest BCUT2D eigenvalue weighted by atomic mass is 9.85. The Balaban J connectivity index is 1.79. The number of rotatable bonds is 2. The van der Waals surface area contributed by atoms with Crippen molar-refractivity contribution in [1.82, 2.24) is 10.3 Å². The molecule has 0 unspecified atom stereocenters. The molecule has 0 bridgehead atoms. The maximum Gasteiger partial charge on any atom is 0.391 e. The van der Waals surface area contributed by atoms with Gasteiger partial charge >= 0.3 is 18.0 Å². The van der Waals surface area contributed by atoms with Crippen molar-refractivity contribution in [2.45, 2.75) is 44.8 Å². The Labute approximate surface area is 129 Å². The second kappa shape index (κ2) is 6.64. The second-order valence-corrected chi connectivity index (χ2v) is 6.53. The van der Waals surface area contributed by atoms with Gasteiger partial charge in [-0.25, -0.2) is 4.98 Å². The molecule has 0 aliphatic heterocycles. The van der Waals surface area contributed by atoms with Gasteiger partial charge in [0.15, 0.2) is 5.13 Å². The molecule has 0 saturated heterocycles. The summed E-state index contributed by atoms with van der Waals surface area (Å²) in [6, 6.07) is -0.394. The van der Waals surface area contributed by atoms with E-state index < -0.39 is 30.0 Å². The molecule has 0 atom stereocenters. The number of halogens is 3. The number of anilines is 1. The molecule has 1 aliphatic rings. The molecule has 0 radical (unpaired) electrons. The number of hydrogen-bond donors (Lipinski definition) is 2. The molecule has 0 aromatic carbocycles. The first-order valence-electron chi connectivity index (χ1n) is 6.86. The molecule has 1 heterocycles. The van der Waals surface area contributed by atoms with Crippen molar-refractivity contribution in [3.8, 4) is 0 Å². The minimum atomic E-state index is -4.19. The van der Waals surface area contributed by atoms with Crippen molar-refractivity contribution in [3.05, 3.63) is 11.1 Å². The Kier molecular flexibility index (Phi) is 5.05. The highest BCUT2D eigenvalue weighted by Gasteiger charge is 2.41. The third kappa shape index (κ3) is 4.43. The van der Waals surface area contributed by atoms with Crippen LogP contribution in [0.25, 0.3) is 0 Å². The molecule has 1 aromatic rings. The molecule has 2 N–H and O–H groups in total. The van der Waals surface area contributed by atoms with Crippen molar-refractivity contribution in [2.24, 2.45) is 5.92 Å². The predicted molar refractivity (Wildman–Crippen MR) is 75.4 cm³/mol. The number of carbonyl (C=O) groups excluding carboxylic acids is 2. The van der Waals surface area contributed by atoms with Crippen LogP contribution in [0.1, 0.15) is 30.6 Å². The summed E-state index contributed by atoms with van der Waals surface area (Å²) < 4.78 is 37.6. The lowest BCUT2D eigenvalue weighted by molar-refractivity contribution is -0.182. The van der Waals surface area contributed by atoms with E-state index in [0.29, 0.717) is 5.13 Å². The van der Waals surface area contributed by atoms with Gasteiger partial charge in [0.05, 0.1) is 5.92 Å². The fourth-order valence-corrected chi connectivity index (χ4v) is 3.04. The van der Waals surface area contributed by atoms with E-state index in [-0.39, 0.29) is 25.7 Å². The topological polar surface area (TPSA) is 71.1 Å². The van der Waals surface area contributed by atoms with Crippen LogP contribution >= 0.6 is 11.3 Å². The first kappa shape index (κ1) is 16.7. The first-order chi connectivity index (χ1) is 10.3. The highest BCUT2D eigenvalue weighted by molar-refractivity contribution is 7.15. The lowest BCUT2D eigenvalue weighted by Crippen LogP contribution is -2.44. The Bertz CT molecular complexity index is 551. The Morgan fingerprint density at radius 3 is 2.36 bits per heavy atom. The van der Waals surface area contributed by atoms with E-state index >= 15 is 0 Å². The number of alkyl halides is 3. The number of hydrogen-bond acceptors (Lipinski definition) is 4. The zero-order valence-electron chi connectivity index (χ0n) is 11.9. The first-order valence-corrected chi connectivity index (χ1v) is 7.68. The van der Waals surface area contributed by atoms with E-state index in [1.54, 1.807) is 6.20 Å². The molecule has 2 amide bonds. The molecular weight excluding hydrogens is 319 g/mol. The summed E-state index contributed by atoms with van der Waals surface area (Å²) in [4.78, 5) is 28.2. The summed E-state index contributed by atoms with van der Waals surface area (Å²) >= 11 is 1.23. The Morgan fingerprint density at radius 2 is 1.86 bits per heavy atom. The maximum atomic E-state index is 12.5. The number of aromatic nitrogens is 1. The van der Waals surface area contributed by atoms with Crippen LogP contribution in [0.3, 0.4) is 0 Å². The zero-order chi connectivity index (χ0) is 16.3. The number of aryl methyl sites for hydroxylation is 1. The number of carbonyl (C=O) groups is 2. The number of nitrogens with zero attached hydrogens (tertiary/aromatic N) is 1. The van der Waals surface area contributed by atoms with Gasteiger partial charge in [-0.2, -0.15) is 13.2 Å². The van der Waals surface area contributed by atoms with Gasteiger partial charge in [0.25, 0.3) is 0 Å². The predicted octanol–water partition coefficient (Wildman–Crippen LogP) is 2.63. The van der Waals surface area contributed by atoms with Crippen molar-refractivity contribution >= 4 is 28.3 Å². The number of thiazole rings is 1. The van der Waals surface area contributed by atoms with Gasteiger partial charge in [0, 0.05) is 17.1 Å². The third-order valence-corrected chi connectivity index (χ3v) is 4.40. The molecule has 1 aliphatic carbocycles. The summed E-state index contributed by atoms with van der Waals surface area (Å²) in [6.45, 7) is 1.81. The van der Waals surface area contributed by atoms with Crippen LogP contribution in [-0.2, 0) is 9.59 Å². The fourth-order valence-electron chi connectivity index (χ4n) is 2.38. The minimum absolute atomic E-state index is 0.0261.